The molecule has 3 saturated heterocycles. The Hall–Kier alpha value is -0.300. The summed E-state index contributed by atoms with van der Waals surface area (Å²) in [7, 11) is 0. The van der Waals surface area contributed by atoms with E-state index in [1.807, 2.05) is 0 Å². The minimum Gasteiger partial charge on any atom is -0.299 e. The highest BCUT2D eigenvalue weighted by atomic mass is 15.1. The van der Waals surface area contributed by atoms with Crippen LogP contribution in [0.3, 0.4) is 0 Å². The van der Waals surface area contributed by atoms with Gasteiger partial charge < -0.3 is 0 Å². The lowest BCUT2D eigenvalue weighted by Crippen LogP contribution is -2.42. The van der Waals surface area contributed by atoms with Crippen molar-refractivity contribution in [3.05, 3.63) is 11.6 Å². The van der Waals surface area contributed by atoms with Crippen LogP contribution in [0.25, 0.3) is 0 Å². The van der Waals surface area contributed by atoms with E-state index in [9.17, 15) is 0 Å². The average Bonchev–Trinajstić information content (AvgIpc) is 2.06. The average molecular weight is 137 g/mol. The summed E-state index contributed by atoms with van der Waals surface area (Å²) < 4.78 is 0. The fraction of sp³-hybridized carbons (Fsp3) is 0.778. The van der Waals surface area contributed by atoms with Gasteiger partial charge in [0.15, 0.2) is 0 Å². The fourth-order valence-electron chi connectivity index (χ4n) is 2.18. The number of piperidine rings is 3. The molecule has 2 bridgehead atoms. The van der Waals surface area contributed by atoms with Crippen molar-refractivity contribution >= 4 is 0 Å². The lowest BCUT2D eigenvalue weighted by Gasteiger charge is -2.41. The normalized spacial score (nSPS) is 42.7. The number of rotatable bonds is 0. The van der Waals surface area contributed by atoms with E-state index in [4.69, 9.17) is 0 Å². The molecule has 0 amide bonds. The molecular weight excluding hydrogens is 122 g/mol. The minimum absolute atomic E-state index is 0.954. The molecule has 0 radical (unpaired) electrons. The second kappa shape index (κ2) is 2.39. The van der Waals surface area contributed by atoms with Gasteiger partial charge in [-0.05, 0) is 38.8 Å². The zero-order chi connectivity index (χ0) is 6.97. The number of allylic oxidation sites excluding steroid dienone is 1. The summed E-state index contributed by atoms with van der Waals surface area (Å²) in [4.78, 5) is 2.56. The van der Waals surface area contributed by atoms with E-state index in [-0.39, 0.29) is 0 Å². The highest BCUT2D eigenvalue weighted by Gasteiger charge is 2.28. The lowest BCUT2D eigenvalue weighted by atomic mass is 9.84. The molecule has 0 aromatic rings. The summed E-state index contributed by atoms with van der Waals surface area (Å²) in [5, 5.41) is 0. The molecule has 0 aliphatic carbocycles. The largest absolute Gasteiger partial charge is 0.299 e. The Morgan fingerprint density at radius 3 is 2.40 bits per heavy atom. The van der Waals surface area contributed by atoms with Crippen molar-refractivity contribution in [2.45, 2.75) is 19.8 Å². The maximum Gasteiger partial charge on any atom is 0.0195 e. The first-order valence-electron chi connectivity index (χ1n) is 4.27. The van der Waals surface area contributed by atoms with Crippen molar-refractivity contribution in [1.82, 2.24) is 4.90 Å². The van der Waals surface area contributed by atoms with Crippen LogP contribution in [0, 0.1) is 5.92 Å². The highest BCUT2D eigenvalue weighted by Crippen LogP contribution is 2.31. The SMILES string of the molecule is CC=C1CN2CCC1CC2. The Labute approximate surface area is 62.7 Å². The second-order valence-corrected chi connectivity index (χ2v) is 3.41. The van der Waals surface area contributed by atoms with Gasteiger partial charge in [-0.3, -0.25) is 4.90 Å². The van der Waals surface area contributed by atoms with Gasteiger partial charge in [-0.2, -0.15) is 0 Å². The molecule has 1 nitrogen and oxygen atoms in total. The van der Waals surface area contributed by atoms with Crippen molar-refractivity contribution < 1.29 is 0 Å². The van der Waals surface area contributed by atoms with Gasteiger partial charge in [-0.25, -0.2) is 0 Å². The predicted molar refractivity (Wildman–Crippen MR) is 42.9 cm³/mol. The molecule has 1 heteroatoms. The van der Waals surface area contributed by atoms with Crippen LogP contribution in [-0.2, 0) is 0 Å². The molecular formula is C9H15N. The molecule has 0 aromatic carbocycles. The van der Waals surface area contributed by atoms with E-state index >= 15 is 0 Å². The minimum atomic E-state index is 0.954. The summed E-state index contributed by atoms with van der Waals surface area (Å²) in [5.41, 5.74) is 1.69. The lowest BCUT2D eigenvalue weighted by molar-refractivity contribution is 0.161. The quantitative estimate of drug-likeness (QED) is 0.459. The molecule has 0 unspecified atom stereocenters. The number of hydrogen-bond acceptors (Lipinski definition) is 1. The Bertz CT molecular complexity index is 152. The van der Waals surface area contributed by atoms with Crippen LogP contribution in [-0.4, -0.2) is 24.5 Å². The van der Waals surface area contributed by atoms with Gasteiger partial charge in [0, 0.05) is 6.54 Å². The Balaban J connectivity index is 2.15. The maximum atomic E-state index is 2.56. The Morgan fingerprint density at radius 1 is 1.40 bits per heavy atom. The highest BCUT2D eigenvalue weighted by molar-refractivity contribution is 5.13. The van der Waals surface area contributed by atoms with E-state index in [0.29, 0.717) is 0 Å². The molecule has 3 heterocycles. The molecule has 3 aliphatic heterocycles. The number of fused-ring (bicyclic) bond motifs is 3. The predicted octanol–water partition coefficient (Wildman–Crippen LogP) is 1.66. The summed E-state index contributed by atoms with van der Waals surface area (Å²) in [6.07, 6.45) is 5.15. The van der Waals surface area contributed by atoms with Crippen LogP contribution in [0.15, 0.2) is 11.6 Å². The van der Waals surface area contributed by atoms with Gasteiger partial charge in [0.2, 0.25) is 0 Å². The molecule has 10 heavy (non-hydrogen) atoms. The monoisotopic (exact) mass is 137 g/mol. The van der Waals surface area contributed by atoms with Crippen LogP contribution in [0.1, 0.15) is 19.8 Å². The molecule has 0 saturated carbocycles. The molecule has 3 fully saturated rings. The summed E-state index contributed by atoms with van der Waals surface area (Å²) in [6.45, 7) is 6.14. The molecule has 56 valence electrons. The molecule has 3 rings (SSSR count). The van der Waals surface area contributed by atoms with Gasteiger partial charge >= 0.3 is 0 Å². The van der Waals surface area contributed by atoms with Crippen molar-refractivity contribution in [1.29, 1.82) is 0 Å². The first kappa shape index (κ1) is 6.41. The maximum absolute atomic E-state index is 2.56. The van der Waals surface area contributed by atoms with Crippen LogP contribution >= 0.6 is 0 Å². The fourth-order valence-corrected chi connectivity index (χ4v) is 2.18. The zero-order valence-corrected chi connectivity index (χ0v) is 6.64. The van der Waals surface area contributed by atoms with E-state index in [1.54, 1.807) is 5.57 Å². The van der Waals surface area contributed by atoms with Gasteiger partial charge in [0.25, 0.3) is 0 Å². The third kappa shape index (κ3) is 0.891. The van der Waals surface area contributed by atoms with E-state index in [1.165, 1.54) is 32.5 Å². The number of nitrogens with zero attached hydrogens (tertiary/aromatic N) is 1. The summed E-state index contributed by atoms with van der Waals surface area (Å²) >= 11 is 0. The van der Waals surface area contributed by atoms with Gasteiger partial charge in [-0.1, -0.05) is 11.6 Å². The first-order chi connectivity index (χ1) is 4.90. The van der Waals surface area contributed by atoms with Crippen molar-refractivity contribution in [2.75, 3.05) is 19.6 Å². The third-order valence-electron chi connectivity index (χ3n) is 2.89. The van der Waals surface area contributed by atoms with Crippen molar-refractivity contribution in [3.8, 4) is 0 Å². The third-order valence-corrected chi connectivity index (χ3v) is 2.89. The molecule has 0 aromatic heterocycles. The van der Waals surface area contributed by atoms with E-state index in [0.717, 1.165) is 5.92 Å². The van der Waals surface area contributed by atoms with E-state index in [2.05, 4.69) is 17.9 Å². The van der Waals surface area contributed by atoms with Gasteiger partial charge in [0.1, 0.15) is 0 Å². The standard InChI is InChI=1S/C9H15N/c1-2-8-7-10-5-3-9(8)4-6-10/h2,9H,3-7H2,1H3. The second-order valence-electron chi connectivity index (χ2n) is 3.41. The van der Waals surface area contributed by atoms with Gasteiger partial charge in [-0.15, -0.1) is 0 Å². The van der Waals surface area contributed by atoms with Crippen molar-refractivity contribution in [2.24, 2.45) is 5.92 Å². The Kier molecular flexibility index (Phi) is 1.53. The van der Waals surface area contributed by atoms with Crippen LogP contribution in [0.5, 0.6) is 0 Å². The Morgan fingerprint density at radius 2 is 2.10 bits per heavy atom. The zero-order valence-electron chi connectivity index (χ0n) is 6.64. The van der Waals surface area contributed by atoms with Gasteiger partial charge in [0.05, 0.1) is 0 Å². The molecule has 3 aliphatic rings. The van der Waals surface area contributed by atoms with Crippen LogP contribution in [0.4, 0.5) is 0 Å². The number of hydrogen-bond donors (Lipinski definition) is 0. The topological polar surface area (TPSA) is 3.24 Å². The first-order valence-corrected chi connectivity index (χ1v) is 4.27. The van der Waals surface area contributed by atoms with E-state index < -0.39 is 0 Å². The molecule has 0 spiro atoms. The van der Waals surface area contributed by atoms with Crippen molar-refractivity contribution in [3.63, 3.8) is 0 Å². The molecule has 0 atom stereocenters. The van der Waals surface area contributed by atoms with Crippen LogP contribution < -0.4 is 0 Å². The summed E-state index contributed by atoms with van der Waals surface area (Å²) in [6, 6.07) is 0. The smallest absolute Gasteiger partial charge is 0.0195 e. The van der Waals surface area contributed by atoms with Crippen LogP contribution in [0.2, 0.25) is 0 Å². The summed E-state index contributed by atoms with van der Waals surface area (Å²) in [5.74, 6) is 0.954. The molecule has 0 N–H and O–H groups in total.